The summed E-state index contributed by atoms with van der Waals surface area (Å²) >= 11 is 5.71. The third-order valence-corrected chi connectivity index (χ3v) is 4.56. The maximum Gasteiger partial charge on any atom is 0.257 e. The lowest BCUT2D eigenvalue weighted by Crippen LogP contribution is -2.20. The van der Waals surface area contributed by atoms with E-state index >= 15 is 0 Å². The van der Waals surface area contributed by atoms with Crippen molar-refractivity contribution in [1.29, 1.82) is 0 Å². The van der Waals surface area contributed by atoms with Crippen molar-refractivity contribution in [2.75, 3.05) is 5.75 Å². The smallest absolute Gasteiger partial charge is 0.257 e. The molecule has 2 heterocycles. The number of halogens is 1. The Labute approximate surface area is 115 Å². The van der Waals surface area contributed by atoms with Crippen LogP contribution in [0.15, 0.2) is 46.3 Å². The van der Waals surface area contributed by atoms with Crippen LogP contribution < -0.4 is 5.56 Å². The van der Waals surface area contributed by atoms with Gasteiger partial charge in [0.2, 0.25) is 0 Å². The number of pyridine rings is 2. The molecule has 0 saturated carbocycles. The average Bonchev–Trinajstić information content (AvgIpc) is 2.39. The fourth-order valence-corrected chi connectivity index (χ4v) is 2.77. The second kappa shape index (κ2) is 5.14. The molecule has 5 nitrogen and oxygen atoms in total. The predicted octanol–water partition coefficient (Wildman–Crippen LogP) is 1.68. The number of hydrogen-bond donors (Lipinski definition) is 0. The fourth-order valence-electron chi connectivity index (χ4n) is 1.59. The maximum atomic E-state index is 12.0. The van der Waals surface area contributed by atoms with Crippen LogP contribution in [0, 0.1) is 0 Å². The molecule has 0 aliphatic carbocycles. The van der Waals surface area contributed by atoms with Crippen molar-refractivity contribution in [2.45, 2.75) is 11.8 Å². The summed E-state index contributed by atoms with van der Waals surface area (Å²) < 4.78 is 25.1. The minimum Gasteiger partial charge on any atom is -0.269 e. The number of sulfone groups is 1. The summed E-state index contributed by atoms with van der Waals surface area (Å²) in [7, 11) is -3.46. The molecule has 0 radical (unpaired) electrons. The Kier molecular flexibility index (Phi) is 3.73. The molecular weight excluding hydrogens is 288 g/mol. The van der Waals surface area contributed by atoms with Gasteiger partial charge in [0.05, 0.1) is 5.75 Å². The van der Waals surface area contributed by atoms with Gasteiger partial charge in [-0.2, -0.15) is 0 Å². The highest BCUT2D eigenvalue weighted by Gasteiger charge is 2.19. The Hall–Kier alpha value is -1.66. The van der Waals surface area contributed by atoms with Gasteiger partial charge in [0.15, 0.2) is 15.7 Å². The molecule has 0 amide bonds. The summed E-state index contributed by atoms with van der Waals surface area (Å²) in [5.74, 6) is 0.0274. The van der Waals surface area contributed by atoms with Gasteiger partial charge in [-0.3, -0.25) is 9.36 Å². The molecule has 2 rings (SSSR count). The molecule has 19 heavy (non-hydrogen) atoms. The molecule has 100 valence electrons. The molecule has 0 aliphatic rings. The van der Waals surface area contributed by atoms with E-state index in [2.05, 4.69) is 4.98 Å². The fraction of sp³-hybridized carbons (Fsp3) is 0.167. The zero-order chi connectivity index (χ0) is 14.0. The van der Waals surface area contributed by atoms with Gasteiger partial charge in [-0.1, -0.05) is 18.5 Å². The quantitative estimate of drug-likeness (QED) is 0.864. The van der Waals surface area contributed by atoms with E-state index in [1.807, 2.05) is 0 Å². The van der Waals surface area contributed by atoms with E-state index < -0.39 is 15.4 Å². The van der Waals surface area contributed by atoms with E-state index in [-0.39, 0.29) is 21.5 Å². The van der Waals surface area contributed by atoms with Crippen molar-refractivity contribution < 1.29 is 8.42 Å². The number of hydrogen-bond acceptors (Lipinski definition) is 4. The van der Waals surface area contributed by atoms with Crippen LogP contribution in [-0.4, -0.2) is 23.7 Å². The number of rotatable bonds is 3. The molecule has 2 aromatic heterocycles. The van der Waals surface area contributed by atoms with Crippen molar-refractivity contribution in [3.63, 3.8) is 0 Å². The van der Waals surface area contributed by atoms with E-state index in [4.69, 9.17) is 11.6 Å². The van der Waals surface area contributed by atoms with Crippen molar-refractivity contribution in [3.05, 3.63) is 52.0 Å². The van der Waals surface area contributed by atoms with E-state index in [1.165, 1.54) is 43.6 Å². The Bertz CT molecular complexity index is 769. The van der Waals surface area contributed by atoms with Crippen molar-refractivity contribution in [2.24, 2.45) is 0 Å². The Morgan fingerprint density at radius 2 is 2.11 bits per heavy atom. The second-order valence-corrected chi connectivity index (χ2v) is 6.46. The summed E-state index contributed by atoms with van der Waals surface area (Å²) in [5.41, 5.74) is -0.432. The van der Waals surface area contributed by atoms with Gasteiger partial charge < -0.3 is 0 Å². The SMILES string of the molecule is CCS(=O)(=O)c1cccnc1-n1ccc(Cl)cc1=O. The lowest BCUT2D eigenvalue weighted by atomic mass is 10.4. The molecule has 0 unspecified atom stereocenters. The first kappa shape index (κ1) is 13.8. The minimum absolute atomic E-state index is 0.0296. The Morgan fingerprint density at radius 3 is 2.74 bits per heavy atom. The van der Waals surface area contributed by atoms with Crippen LogP contribution in [-0.2, 0) is 9.84 Å². The lowest BCUT2D eigenvalue weighted by molar-refractivity contribution is 0.596. The summed E-state index contributed by atoms with van der Waals surface area (Å²) in [5, 5.41) is 0.289. The molecule has 0 aliphatic heterocycles. The summed E-state index contributed by atoms with van der Waals surface area (Å²) in [6.07, 6.45) is 2.84. The summed E-state index contributed by atoms with van der Waals surface area (Å²) in [6.45, 7) is 1.54. The van der Waals surface area contributed by atoms with E-state index in [1.54, 1.807) is 0 Å². The summed E-state index contributed by atoms with van der Waals surface area (Å²) in [4.78, 5) is 15.9. The second-order valence-electron chi connectivity index (χ2n) is 3.78. The van der Waals surface area contributed by atoms with E-state index in [9.17, 15) is 13.2 Å². The molecular formula is C12H11ClN2O3S. The van der Waals surface area contributed by atoms with Crippen LogP contribution in [0.5, 0.6) is 0 Å². The Balaban J connectivity index is 2.74. The topological polar surface area (TPSA) is 69.0 Å². The van der Waals surface area contributed by atoms with Gasteiger partial charge in [0, 0.05) is 23.5 Å². The third kappa shape index (κ3) is 2.69. The molecule has 0 spiro atoms. The minimum atomic E-state index is -3.46. The third-order valence-electron chi connectivity index (χ3n) is 2.58. The van der Waals surface area contributed by atoms with Crippen LogP contribution in [0.3, 0.4) is 0 Å². The molecule has 0 N–H and O–H groups in total. The maximum absolute atomic E-state index is 12.0. The van der Waals surface area contributed by atoms with Crippen LogP contribution in [0.2, 0.25) is 5.02 Å². The zero-order valence-corrected chi connectivity index (χ0v) is 11.6. The molecule has 7 heteroatoms. The Morgan fingerprint density at radius 1 is 1.37 bits per heavy atom. The zero-order valence-electron chi connectivity index (χ0n) is 10.1. The first-order valence-electron chi connectivity index (χ1n) is 5.52. The average molecular weight is 299 g/mol. The van der Waals surface area contributed by atoms with Gasteiger partial charge in [0.1, 0.15) is 4.90 Å². The van der Waals surface area contributed by atoms with Crippen LogP contribution in [0.4, 0.5) is 0 Å². The normalized spacial score (nSPS) is 11.5. The lowest BCUT2D eigenvalue weighted by Gasteiger charge is -2.10. The van der Waals surface area contributed by atoms with Gasteiger partial charge >= 0.3 is 0 Å². The first-order valence-corrected chi connectivity index (χ1v) is 7.55. The van der Waals surface area contributed by atoms with Gasteiger partial charge in [-0.15, -0.1) is 0 Å². The largest absolute Gasteiger partial charge is 0.269 e. The van der Waals surface area contributed by atoms with Crippen molar-refractivity contribution in [3.8, 4) is 5.82 Å². The predicted molar refractivity (Wildman–Crippen MR) is 72.6 cm³/mol. The van der Waals surface area contributed by atoms with Crippen LogP contribution in [0.25, 0.3) is 5.82 Å². The summed E-state index contributed by atoms with van der Waals surface area (Å²) in [6, 6.07) is 5.66. The van der Waals surface area contributed by atoms with E-state index in [0.29, 0.717) is 0 Å². The highest BCUT2D eigenvalue weighted by Crippen LogP contribution is 2.18. The molecule has 0 atom stereocenters. The highest BCUT2D eigenvalue weighted by atomic mass is 35.5. The molecule has 2 aromatic rings. The van der Waals surface area contributed by atoms with Crippen molar-refractivity contribution in [1.82, 2.24) is 9.55 Å². The molecule has 0 saturated heterocycles. The van der Waals surface area contributed by atoms with Crippen molar-refractivity contribution >= 4 is 21.4 Å². The standard InChI is InChI=1S/C12H11ClN2O3S/c1-2-19(17,18)10-4-3-6-14-12(10)15-7-5-9(13)8-11(15)16/h3-8H,2H2,1H3. The highest BCUT2D eigenvalue weighted by molar-refractivity contribution is 7.91. The monoisotopic (exact) mass is 298 g/mol. The van der Waals surface area contributed by atoms with Gasteiger partial charge in [-0.05, 0) is 18.2 Å². The van der Waals surface area contributed by atoms with Crippen LogP contribution >= 0.6 is 11.6 Å². The molecule has 0 fully saturated rings. The van der Waals surface area contributed by atoms with Gasteiger partial charge in [0.25, 0.3) is 5.56 Å². The van der Waals surface area contributed by atoms with Gasteiger partial charge in [-0.25, -0.2) is 13.4 Å². The number of nitrogens with zero attached hydrogens (tertiary/aromatic N) is 2. The molecule has 0 bridgehead atoms. The molecule has 0 aromatic carbocycles. The van der Waals surface area contributed by atoms with E-state index in [0.717, 1.165) is 4.57 Å². The van der Waals surface area contributed by atoms with Crippen LogP contribution in [0.1, 0.15) is 6.92 Å². The number of aromatic nitrogens is 2. The first-order chi connectivity index (χ1) is 8.95.